The van der Waals surface area contributed by atoms with Gasteiger partial charge in [0.2, 0.25) is 0 Å². The third kappa shape index (κ3) is 2.53. The molecule has 0 amide bonds. The molecule has 164 valence electrons. The molecule has 4 aromatic carbocycles. The van der Waals surface area contributed by atoms with Gasteiger partial charge in [0.1, 0.15) is 0 Å². The smallest absolute Gasteiger partial charge is 0.0619 e. The number of hydrogen-bond donors (Lipinski definition) is 0. The Balaban J connectivity index is 1.84. The van der Waals surface area contributed by atoms with E-state index in [0.29, 0.717) is 0 Å². The number of rotatable bonds is 0. The summed E-state index contributed by atoms with van der Waals surface area (Å²) in [5.74, 6) is 0. The van der Waals surface area contributed by atoms with Crippen molar-refractivity contribution in [2.75, 3.05) is 0 Å². The molecule has 0 fully saturated rings. The molecule has 0 N–H and O–H groups in total. The fraction of sp³-hybridized carbons (Fsp3) is 0.273. The van der Waals surface area contributed by atoms with Crippen LogP contribution in [0.5, 0.6) is 0 Å². The topological polar surface area (TPSA) is 0 Å². The van der Waals surface area contributed by atoms with E-state index in [1.165, 1.54) is 72.3 Å². The van der Waals surface area contributed by atoms with E-state index in [9.17, 15) is 0 Å². The van der Waals surface area contributed by atoms with E-state index >= 15 is 0 Å². The van der Waals surface area contributed by atoms with Gasteiger partial charge in [0.25, 0.3) is 0 Å². The van der Waals surface area contributed by atoms with Gasteiger partial charge in [-0.15, -0.1) is 0 Å². The monoisotopic (exact) mass is 428 g/mol. The second-order valence-electron chi connectivity index (χ2n) is 11.3. The molecule has 0 saturated carbocycles. The number of benzene rings is 4. The first-order chi connectivity index (χ1) is 15.6. The van der Waals surface area contributed by atoms with Crippen molar-refractivity contribution in [2.24, 2.45) is 0 Å². The van der Waals surface area contributed by atoms with Crippen molar-refractivity contribution >= 4 is 0 Å². The molecule has 33 heavy (non-hydrogen) atoms. The summed E-state index contributed by atoms with van der Waals surface area (Å²) in [5, 5.41) is 0. The Hall–Kier alpha value is -3.12. The summed E-state index contributed by atoms with van der Waals surface area (Å²) >= 11 is 0. The van der Waals surface area contributed by atoms with Crippen LogP contribution in [-0.2, 0) is 10.8 Å². The Bertz CT molecular complexity index is 1420. The Labute approximate surface area is 198 Å². The van der Waals surface area contributed by atoms with E-state index in [1.54, 1.807) is 0 Å². The lowest BCUT2D eigenvalue weighted by Gasteiger charge is -2.32. The summed E-state index contributed by atoms with van der Waals surface area (Å²) < 4.78 is 0. The molecule has 0 nitrogen and oxygen atoms in total. The van der Waals surface area contributed by atoms with Crippen molar-refractivity contribution in [1.29, 1.82) is 0 Å². The highest BCUT2D eigenvalue weighted by atomic mass is 14.5. The van der Waals surface area contributed by atoms with Crippen LogP contribution in [0.2, 0.25) is 0 Å². The van der Waals surface area contributed by atoms with E-state index in [4.69, 9.17) is 0 Å². The molecular formula is C33H32. The molecule has 0 atom stereocenters. The maximum absolute atomic E-state index is 2.51. The van der Waals surface area contributed by atoms with Crippen molar-refractivity contribution in [2.45, 2.75) is 59.3 Å². The van der Waals surface area contributed by atoms with Gasteiger partial charge in [-0.25, -0.2) is 0 Å². The minimum atomic E-state index is -0.255. The molecule has 6 rings (SSSR count). The second-order valence-corrected chi connectivity index (χ2v) is 11.3. The van der Waals surface area contributed by atoms with E-state index in [2.05, 4.69) is 115 Å². The summed E-state index contributed by atoms with van der Waals surface area (Å²) in [4.78, 5) is 0. The van der Waals surface area contributed by atoms with Crippen LogP contribution in [-0.4, -0.2) is 0 Å². The summed E-state index contributed by atoms with van der Waals surface area (Å²) in [6, 6.07) is 26.1. The van der Waals surface area contributed by atoms with Crippen molar-refractivity contribution in [3.05, 3.63) is 117 Å². The molecule has 0 aromatic heterocycles. The van der Waals surface area contributed by atoms with Crippen LogP contribution in [0, 0.1) is 27.7 Å². The summed E-state index contributed by atoms with van der Waals surface area (Å²) in [7, 11) is 0. The van der Waals surface area contributed by atoms with Gasteiger partial charge < -0.3 is 0 Å². The second kappa shape index (κ2) is 6.48. The van der Waals surface area contributed by atoms with E-state index in [0.717, 1.165) is 0 Å². The van der Waals surface area contributed by atoms with Gasteiger partial charge in [-0.3, -0.25) is 0 Å². The van der Waals surface area contributed by atoms with Crippen LogP contribution >= 0.6 is 0 Å². The lowest BCUT2D eigenvalue weighted by Crippen LogP contribution is -2.27. The highest BCUT2D eigenvalue weighted by molar-refractivity contribution is 5.95. The van der Waals surface area contributed by atoms with Crippen LogP contribution in [0.4, 0.5) is 0 Å². The molecule has 0 bridgehead atoms. The van der Waals surface area contributed by atoms with E-state index in [1.807, 2.05) is 0 Å². The third-order valence-corrected chi connectivity index (χ3v) is 8.28. The molecule has 2 aliphatic carbocycles. The Morgan fingerprint density at radius 1 is 0.485 bits per heavy atom. The van der Waals surface area contributed by atoms with Gasteiger partial charge >= 0.3 is 0 Å². The molecule has 0 heteroatoms. The van der Waals surface area contributed by atoms with E-state index in [-0.39, 0.29) is 10.8 Å². The highest BCUT2D eigenvalue weighted by Gasteiger charge is 2.52. The fourth-order valence-corrected chi connectivity index (χ4v) is 6.17. The average molecular weight is 429 g/mol. The maximum atomic E-state index is 2.51. The Kier molecular flexibility index (Phi) is 4.02. The fourth-order valence-electron chi connectivity index (χ4n) is 6.17. The van der Waals surface area contributed by atoms with Crippen LogP contribution in [0.15, 0.2) is 66.7 Å². The summed E-state index contributed by atoms with van der Waals surface area (Å²) in [5.41, 5.74) is 18.0. The van der Waals surface area contributed by atoms with Gasteiger partial charge in [-0.2, -0.15) is 0 Å². The first kappa shape index (κ1) is 20.5. The molecule has 0 radical (unpaired) electrons. The molecular weight excluding hydrogens is 396 g/mol. The Morgan fingerprint density at radius 2 is 0.970 bits per heavy atom. The van der Waals surface area contributed by atoms with Crippen LogP contribution in [0.25, 0.3) is 22.3 Å². The normalized spacial score (nSPS) is 14.8. The van der Waals surface area contributed by atoms with Gasteiger partial charge in [-0.1, -0.05) is 87.5 Å². The molecule has 1 spiro atoms. The Morgan fingerprint density at radius 3 is 1.55 bits per heavy atom. The lowest BCUT2D eigenvalue weighted by atomic mass is 9.69. The first-order valence-corrected chi connectivity index (χ1v) is 12.1. The molecule has 0 saturated heterocycles. The van der Waals surface area contributed by atoms with Gasteiger partial charge in [0, 0.05) is 0 Å². The quantitative estimate of drug-likeness (QED) is 0.227. The number of hydrogen-bond acceptors (Lipinski definition) is 0. The largest absolute Gasteiger partial charge is 0.0725 e. The third-order valence-electron chi connectivity index (χ3n) is 8.28. The summed E-state index contributed by atoms with van der Waals surface area (Å²) in [6.45, 7) is 16.0. The molecule has 0 unspecified atom stereocenters. The van der Waals surface area contributed by atoms with Gasteiger partial charge in [-0.05, 0) is 105 Å². The number of fused-ring (bicyclic) bond motifs is 10. The predicted molar refractivity (Wildman–Crippen MR) is 140 cm³/mol. The standard InChI is InChI=1S/C33H32/c1-19-14-26-27-15-20(2)22(4)17-30(27)33(29(26)16-21(19)3)28-11-9-8-10-24(28)25-13-12-23(18-31(25)33)32(5,6)7/h8-18H,1-7H3. The maximum Gasteiger partial charge on any atom is 0.0725 e. The van der Waals surface area contributed by atoms with Gasteiger partial charge in [0.15, 0.2) is 0 Å². The number of aryl methyl sites for hydroxylation is 4. The van der Waals surface area contributed by atoms with Crippen LogP contribution in [0.3, 0.4) is 0 Å². The predicted octanol–water partition coefficient (Wildman–Crippen LogP) is 8.56. The zero-order valence-corrected chi connectivity index (χ0v) is 20.9. The van der Waals surface area contributed by atoms with Crippen molar-refractivity contribution in [3.63, 3.8) is 0 Å². The lowest BCUT2D eigenvalue weighted by molar-refractivity contribution is 0.588. The van der Waals surface area contributed by atoms with E-state index < -0.39 is 0 Å². The molecule has 4 aromatic rings. The zero-order chi connectivity index (χ0) is 23.3. The minimum Gasteiger partial charge on any atom is -0.0619 e. The average Bonchev–Trinajstić information content (AvgIpc) is 3.20. The van der Waals surface area contributed by atoms with Crippen molar-refractivity contribution in [1.82, 2.24) is 0 Å². The first-order valence-electron chi connectivity index (χ1n) is 12.1. The summed E-state index contributed by atoms with van der Waals surface area (Å²) in [6.07, 6.45) is 0. The highest BCUT2D eigenvalue weighted by Crippen LogP contribution is 2.63. The van der Waals surface area contributed by atoms with Gasteiger partial charge in [0.05, 0.1) is 5.41 Å². The zero-order valence-electron chi connectivity index (χ0n) is 20.9. The van der Waals surface area contributed by atoms with Crippen LogP contribution in [0.1, 0.15) is 70.8 Å². The molecule has 0 aliphatic heterocycles. The molecule has 0 heterocycles. The SMILES string of the molecule is Cc1cc2c(cc1C)C1(c3ccccc3-c3ccc(C(C)(C)C)cc31)c1cc(C)c(C)cc1-2. The molecule has 2 aliphatic rings. The van der Waals surface area contributed by atoms with Crippen molar-refractivity contribution in [3.8, 4) is 22.3 Å². The van der Waals surface area contributed by atoms with Crippen molar-refractivity contribution < 1.29 is 0 Å². The minimum absolute atomic E-state index is 0.0989. The van der Waals surface area contributed by atoms with Crippen LogP contribution < -0.4 is 0 Å².